The first kappa shape index (κ1) is 22.3. The van der Waals surface area contributed by atoms with Crippen molar-refractivity contribution < 1.29 is 14.3 Å². The quantitative estimate of drug-likeness (QED) is 0.380. The van der Waals surface area contributed by atoms with Crippen LogP contribution in [-0.4, -0.2) is 68.9 Å². The third-order valence-electron chi connectivity index (χ3n) is 5.76. The average Bonchev–Trinajstić information content (AvgIpc) is 3.41. The van der Waals surface area contributed by atoms with Gasteiger partial charge in [-0.05, 0) is 37.0 Å². The largest absolute Gasteiger partial charge is 0.375 e. The lowest BCUT2D eigenvalue weighted by Gasteiger charge is -2.37. The van der Waals surface area contributed by atoms with E-state index in [-0.39, 0.29) is 42.1 Å². The molecule has 3 heterocycles. The number of benzene rings is 1. The molecule has 1 N–H and O–H groups in total. The van der Waals surface area contributed by atoms with Crippen LogP contribution in [0.1, 0.15) is 31.2 Å². The molecule has 0 bridgehead atoms. The van der Waals surface area contributed by atoms with Crippen LogP contribution < -0.4 is 10.2 Å². The minimum absolute atomic E-state index is 0. The van der Waals surface area contributed by atoms with Crippen molar-refractivity contribution in [2.75, 3.05) is 44.8 Å². The lowest BCUT2D eigenvalue weighted by molar-refractivity contribution is -0.117. The van der Waals surface area contributed by atoms with Crippen molar-refractivity contribution in [1.29, 1.82) is 0 Å². The second kappa shape index (κ2) is 10.6. The van der Waals surface area contributed by atoms with E-state index in [1.54, 1.807) is 0 Å². The number of carbonyl (C=O) groups excluding carboxylic acids is 1. The monoisotopic (exact) mass is 514 g/mol. The standard InChI is InChI=1S/C21H30N4O3.HI/c1-22-21(24-11-13-28-19(15-24)18-4-3-12-27-18)23-14-16-6-8-17(9-7-16)25-10-2-5-20(25)26;/h6-9,18-19H,2-5,10-15H2,1H3,(H,22,23);1H. The molecule has 8 heteroatoms. The van der Waals surface area contributed by atoms with Crippen molar-refractivity contribution in [2.24, 2.45) is 4.99 Å². The number of halogens is 1. The molecule has 1 aromatic rings. The van der Waals surface area contributed by atoms with E-state index in [1.807, 2.05) is 24.1 Å². The normalized spacial score (nSPS) is 25.3. The number of rotatable bonds is 4. The number of anilines is 1. The predicted octanol–water partition coefficient (Wildman–Crippen LogP) is 2.39. The molecule has 7 nitrogen and oxygen atoms in total. The number of amides is 1. The van der Waals surface area contributed by atoms with Crippen molar-refractivity contribution >= 4 is 41.5 Å². The number of hydrogen-bond donors (Lipinski definition) is 1. The van der Waals surface area contributed by atoms with Crippen LogP contribution in [0.2, 0.25) is 0 Å². The van der Waals surface area contributed by atoms with Gasteiger partial charge in [-0.1, -0.05) is 12.1 Å². The summed E-state index contributed by atoms with van der Waals surface area (Å²) < 4.78 is 11.7. The van der Waals surface area contributed by atoms with Crippen LogP contribution >= 0.6 is 24.0 Å². The molecule has 1 aromatic carbocycles. The second-order valence-electron chi connectivity index (χ2n) is 7.62. The van der Waals surface area contributed by atoms with Crippen LogP contribution in [0.25, 0.3) is 0 Å². The predicted molar refractivity (Wildman–Crippen MR) is 124 cm³/mol. The number of hydrogen-bond acceptors (Lipinski definition) is 4. The Labute approximate surface area is 189 Å². The third-order valence-corrected chi connectivity index (χ3v) is 5.76. The molecule has 0 radical (unpaired) electrons. The molecule has 1 amide bonds. The third kappa shape index (κ3) is 5.40. The maximum Gasteiger partial charge on any atom is 0.227 e. The van der Waals surface area contributed by atoms with Gasteiger partial charge in [0.05, 0.1) is 12.7 Å². The van der Waals surface area contributed by atoms with Gasteiger partial charge in [-0.15, -0.1) is 24.0 Å². The Kier molecular flexibility index (Phi) is 8.14. The van der Waals surface area contributed by atoms with Crippen molar-refractivity contribution in [2.45, 2.75) is 44.4 Å². The Morgan fingerprint density at radius 3 is 2.59 bits per heavy atom. The van der Waals surface area contributed by atoms with Gasteiger partial charge in [-0.25, -0.2) is 0 Å². The molecular formula is C21H31IN4O3. The summed E-state index contributed by atoms with van der Waals surface area (Å²) >= 11 is 0. The van der Waals surface area contributed by atoms with Crippen LogP contribution in [0.5, 0.6) is 0 Å². The molecule has 29 heavy (non-hydrogen) atoms. The number of guanidine groups is 1. The van der Waals surface area contributed by atoms with Crippen molar-refractivity contribution in [3.8, 4) is 0 Å². The minimum atomic E-state index is 0. The molecule has 160 valence electrons. The van der Waals surface area contributed by atoms with E-state index >= 15 is 0 Å². The molecule has 0 spiro atoms. The van der Waals surface area contributed by atoms with Crippen LogP contribution in [0, 0.1) is 0 Å². The summed E-state index contributed by atoms with van der Waals surface area (Å²) in [6.07, 6.45) is 4.14. The number of morpholine rings is 1. The summed E-state index contributed by atoms with van der Waals surface area (Å²) in [5.41, 5.74) is 2.16. The Hall–Kier alpha value is -1.39. The minimum Gasteiger partial charge on any atom is -0.375 e. The maximum absolute atomic E-state index is 11.9. The van der Waals surface area contributed by atoms with E-state index in [4.69, 9.17) is 9.47 Å². The van der Waals surface area contributed by atoms with E-state index in [1.165, 1.54) is 5.56 Å². The number of aliphatic imine (C=N–C) groups is 1. The van der Waals surface area contributed by atoms with Crippen LogP contribution in [0.15, 0.2) is 29.3 Å². The van der Waals surface area contributed by atoms with Crippen LogP contribution in [0.4, 0.5) is 5.69 Å². The molecular weight excluding hydrogens is 483 g/mol. The molecule has 3 fully saturated rings. The Morgan fingerprint density at radius 1 is 1.14 bits per heavy atom. The second-order valence-corrected chi connectivity index (χ2v) is 7.62. The first-order valence-electron chi connectivity index (χ1n) is 10.3. The van der Waals surface area contributed by atoms with E-state index < -0.39 is 0 Å². The Morgan fingerprint density at radius 2 is 1.93 bits per heavy atom. The van der Waals surface area contributed by atoms with Gasteiger partial charge in [0.1, 0.15) is 6.10 Å². The Balaban J connectivity index is 0.00000240. The van der Waals surface area contributed by atoms with Crippen LogP contribution in [0.3, 0.4) is 0 Å². The average molecular weight is 514 g/mol. The van der Waals surface area contributed by atoms with Gasteiger partial charge in [0.25, 0.3) is 0 Å². The molecule has 3 saturated heterocycles. The fraction of sp³-hybridized carbons (Fsp3) is 0.619. The number of ether oxygens (including phenoxy) is 2. The fourth-order valence-electron chi connectivity index (χ4n) is 4.22. The number of carbonyl (C=O) groups is 1. The van der Waals surface area contributed by atoms with Gasteiger partial charge in [0.2, 0.25) is 5.91 Å². The molecule has 3 aliphatic rings. The molecule has 0 aromatic heterocycles. The van der Waals surface area contributed by atoms with Crippen molar-refractivity contribution in [3.63, 3.8) is 0 Å². The zero-order valence-electron chi connectivity index (χ0n) is 17.0. The zero-order chi connectivity index (χ0) is 19.3. The summed E-state index contributed by atoms with van der Waals surface area (Å²) in [5.74, 6) is 1.12. The van der Waals surface area contributed by atoms with Crippen LogP contribution in [-0.2, 0) is 20.8 Å². The lowest BCUT2D eigenvalue weighted by atomic mass is 10.1. The van der Waals surface area contributed by atoms with Gasteiger partial charge < -0.3 is 24.6 Å². The highest BCUT2D eigenvalue weighted by Gasteiger charge is 2.32. The smallest absolute Gasteiger partial charge is 0.227 e. The molecule has 0 saturated carbocycles. The van der Waals surface area contributed by atoms with Gasteiger partial charge >= 0.3 is 0 Å². The van der Waals surface area contributed by atoms with Gasteiger partial charge in [0.15, 0.2) is 5.96 Å². The molecule has 2 atom stereocenters. The van der Waals surface area contributed by atoms with E-state index in [0.717, 1.165) is 57.2 Å². The van der Waals surface area contributed by atoms with Gasteiger partial charge in [0, 0.05) is 51.9 Å². The summed E-state index contributed by atoms with van der Waals surface area (Å²) in [6, 6.07) is 8.22. The highest BCUT2D eigenvalue weighted by atomic mass is 127. The first-order valence-corrected chi connectivity index (χ1v) is 10.3. The lowest BCUT2D eigenvalue weighted by Crippen LogP contribution is -2.53. The molecule has 4 rings (SSSR count). The number of nitrogens with one attached hydrogen (secondary N) is 1. The molecule has 0 aliphatic carbocycles. The Bertz CT molecular complexity index is 706. The van der Waals surface area contributed by atoms with Gasteiger partial charge in [-0.3, -0.25) is 9.79 Å². The summed E-state index contributed by atoms with van der Waals surface area (Å²) in [5, 5.41) is 3.46. The van der Waals surface area contributed by atoms with E-state index in [2.05, 4.69) is 27.3 Å². The van der Waals surface area contributed by atoms with Crippen molar-refractivity contribution in [1.82, 2.24) is 10.2 Å². The number of nitrogens with zero attached hydrogens (tertiary/aromatic N) is 3. The van der Waals surface area contributed by atoms with Gasteiger partial charge in [-0.2, -0.15) is 0 Å². The topological polar surface area (TPSA) is 66.4 Å². The summed E-state index contributed by atoms with van der Waals surface area (Å²) in [4.78, 5) is 20.5. The first-order chi connectivity index (χ1) is 13.7. The maximum atomic E-state index is 11.9. The van der Waals surface area contributed by atoms with E-state index in [0.29, 0.717) is 19.6 Å². The SMILES string of the molecule is CN=C(NCc1ccc(N2CCCC2=O)cc1)N1CCOC(C2CCCO2)C1.I. The summed E-state index contributed by atoms with van der Waals surface area (Å²) in [6.45, 7) is 4.70. The van der Waals surface area contributed by atoms with E-state index in [9.17, 15) is 4.79 Å². The highest BCUT2D eigenvalue weighted by molar-refractivity contribution is 14.0. The molecule has 2 unspecified atom stereocenters. The van der Waals surface area contributed by atoms with Crippen molar-refractivity contribution in [3.05, 3.63) is 29.8 Å². The highest BCUT2D eigenvalue weighted by Crippen LogP contribution is 2.22. The summed E-state index contributed by atoms with van der Waals surface area (Å²) in [7, 11) is 1.82. The fourth-order valence-corrected chi connectivity index (χ4v) is 4.22. The zero-order valence-corrected chi connectivity index (χ0v) is 19.3. The molecule has 3 aliphatic heterocycles.